The van der Waals surface area contributed by atoms with E-state index >= 15 is 0 Å². The van der Waals surface area contributed by atoms with Crippen LogP contribution >= 0.6 is 0 Å². The molecule has 3 rings (SSSR count). The number of piperidine rings is 1. The van der Waals surface area contributed by atoms with Gasteiger partial charge in [-0.15, -0.1) is 0 Å². The van der Waals surface area contributed by atoms with Crippen LogP contribution in [-0.2, 0) is 0 Å². The molecule has 1 aliphatic heterocycles. The zero-order chi connectivity index (χ0) is 13.2. The number of anilines is 1. The molecule has 1 heterocycles. The van der Waals surface area contributed by atoms with Gasteiger partial charge in [-0.1, -0.05) is 25.0 Å². The smallest absolute Gasteiger partial charge is 0.0323 e. The lowest BCUT2D eigenvalue weighted by atomic mass is 9.77. The second-order valence-electron chi connectivity index (χ2n) is 6.34. The Balaban J connectivity index is 1.79. The molecule has 0 aromatic heterocycles. The molecule has 1 saturated heterocycles. The molecule has 0 amide bonds. The maximum Gasteiger partial charge on any atom is 0.0323 e. The fourth-order valence-electron chi connectivity index (χ4n) is 4.15. The molecular formula is C17H26N2. The van der Waals surface area contributed by atoms with Crippen molar-refractivity contribution in [1.29, 1.82) is 0 Å². The zero-order valence-corrected chi connectivity index (χ0v) is 12.0. The maximum absolute atomic E-state index is 5.94. The summed E-state index contributed by atoms with van der Waals surface area (Å²) in [5, 5.41) is 0. The highest BCUT2D eigenvalue weighted by Crippen LogP contribution is 2.39. The number of nitrogens with two attached hydrogens (primary N) is 1. The van der Waals surface area contributed by atoms with Gasteiger partial charge < -0.3 is 5.73 Å². The van der Waals surface area contributed by atoms with Crippen LogP contribution in [-0.4, -0.2) is 17.5 Å². The second kappa shape index (κ2) is 5.54. The van der Waals surface area contributed by atoms with E-state index in [1.54, 1.807) is 0 Å². The summed E-state index contributed by atoms with van der Waals surface area (Å²) in [6.07, 6.45) is 8.53. The first-order chi connectivity index (χ1) is 9.25. The van der Waals surface area contributed by atoms with Gasteiger partial charge in [0.15, 0.2) is 0 Å². The van der Waals surface area contributed by atoms with Crippen LogP contribution < -0.4 is 5.73 Å². The van der Waals surface area contributed by atoms with E-state index in [2.05, 4.69) is 30.0 Å². The number of hydrogen-bond donors (Lipinski definition) is 1. The van der Waals surface area contributed by atoms with Crippen LogP contribution in [0.1, 0.15) is 57.1 Å². The van der Waals surface area contributed by atoms with Crippen molar-refractivity contribution < 1.29 is 0 Å². The molecule has 0 bridgehead atoms. The predicted octanol–water partition coefficient (Wildman–Crippen LogP) is 3.98. The molecule has 2 aliphatic rings. The summed E-state index contributed by atoms with van der Waals surface area (Å²) < 4.78 is 0. The topological polar surface area (TPSA) is 29.3 Å². The van der Waals surface area contributed by atoms with Crippen LogP contribution in [0.3, 0.4) is 0 Å². The molecule has 0 radical (unpaired) electrons. The molecule has 1 aromatic carbocycles. The summed E-state index contributed by atoms with van der Waals surface area (Å²) in [6.45, 7) is 3.61. The van der Waals surface area contributed by atoms with Gasteiger partial charge >= 0.3 is 0 Å². The first-order valence-corrected chi connectivity index (χ1v) is 7.87. The third-order valence-corrected chi connectivity index (χ3v) is 5.18. The lowest BCUT2D eigenvalue weighted by Gasteiger charge is -2.47. The Kier molecular flexibility index (Phi) is 3.79. The molecule has 0 spiro atoms. The Hall–Kier alpha value is -1.02. The van der Waals surface area contributed by atoms with Gasteiger partial charge in [0.2, 0.25) is 0 Å². The Morgan fingerprint density at radius 1 is 1.16 bits per heavy atom. The Labute approximate surface area is 117 Å². The molecular weight excluding hydrogens is 232 g/mol. The van der Waals surface area contributed by atoms with E-state index in [9.17, 15) is 0 Å². The SMILES string of the molecule is CC(c1cccc(N)c1)N1CCC[C@H]2CCCC[C@H]21. The third kappa shape index (κ3) is 2.64. The molecule has 2 heteroatoms. The summed E-state index contributed by atoms with van der Waals surface area (Å²) in [6, 6.07) is 9.78. The van der Waals surface area contributed by atoms with Crippen LogP contribution in [0, 0.1) is 5.92 Å². The highest BCUT2D eigenvalue weighted by atomic mass is 15.2. The lowest BCUT2D eigenvalue weighted by Crippen LogP contribution is -2.47. The molecule has 1 saturated carbocycles. The standard InChI is InChI=1S/C17H26N2/c1-13(15-7-4-9-16(18)12-15)19-11-5-8-14-6-2-3-10-17(14)19/h4,7,9,12-14,17H,2-3,5-6,8,10-11,18H2,1H3/t13?,14-,17-/m1/s1. The van der Waals surface area contributed by atoms with Crippen LogP contribution in [0.4, 0.5) is 5.69 Å². The number of likely N-dealkylation sites (tertiary alicyclic amines) is 1. The molecule has 1 aliphatic carbocycles. The Morgan fingerprint density at radius 2 is 1.95 bits per heavy atom. The molecule has 1 unspecified atom stereocenters. The van der Waals surface area contributed by atoms with Crippen molar-refractivity contribution in [2.24, 2.45) is 5.92 Å². The highest BCUT2D eigenvalue weighted by molar-refractivity contribution is 5.41. The molecule has 1 aromatic rings. The number of nitrogens with zero attached hydrogens (tertiary/aromatic N) is 1. The molecule has 2 fully saturated rings. The van der Waals surface area contributed by atoms with Crippen molar-refractivity contribution in [3.05, 3.63) is 29.8 Å². The maximum atomic E-state index is 5.94. The van der Waals surface area contributed by atoms with Crippen LogP contribution in [0.15, 0.2) is 24.3 Å². The largest absolute Gasteiger partial charge is 0.399 e. The predicted molar refractivity (Wildman–Crippen MR) is 81.0 cm³/mol. The van der Waals surface area contributed by atoms with E-state index in [-0.39, 0.29) is 0 Å². The number of nitrogen functional groups attached to an aromatic ring is 1. The first-order valence-electron chi connectivity index (χ1n) is 7.87. The summed E-state index contributed by atoms with van der Waals surface area (Å²) in [5.41, 5.74) is 8.21. The van der Waals surface area contributed by atoms with Crippen molar-refractivity contribution in [3.63, 3.8) is 0 Å². The van der Waals surface area contributed by atoms with Gasteiger partial charge in [0, 0.05) is 17.8 Å². The van der Waals surface area contributed by atoms with Gasteiger partial charge in [-0.2, -0.15) is 0 Å². The number of benzene rings is 1. The van der Waals surface area contributed by atoms with Crippen molar-refractivity contribution in [2.45, 2.75) is 57.5 Å². The fraction of sp³-hybridized carbons (Fsp3) is 0.647. The fourth-order valence-corrected chi connectivity index (χ4v) is 4.15. The van der Waals surface area contributed by atoms with Crippen molar-refractivity contribution in [2.75, 3.05) is 12.3 Å². The van der Waals surface area contributed by atoms with E-state index in [1.165, 1.54) is 50.6 Å². The molecule has 19 heavy (non-hydrogen) atoms. The summed E-state index contributed by atoms with van der Waals surface area (Å²) in [5.74, 6) is 0.950. The lowest BCUT2D eigenvalue weighted by molar-refractivity contribution is 0.0308. The minimum Gasteiger partial charge on any atom is -0.399 e. The Morgan fingerprint density at radius 3 is 2.79 bits per heavy atom. The van der Waals surface area contributed by atoms with Crippen molar-refractivity contribution in [1.82, 2.24) is 4.90 Å². The van der Waals surface area contributed by atoms with E-state index in [4.69, 9.17) is 5.73 Å². The summed E-state index contributed by atoms with van der Waals surface area (Å²) >= 11 is 0. The van der Waals surface area contributed by atoms with E-state index in [0.29, 0.717) is 6.04 Å². The second-order valence-corrected chi connectivity index (χ2v) is 6.34. The minimum atomic E-state index is 0.509. The van der Waals surface area contributed by atoms with E-state index < -0.39 is 0 Å². The molecule has 104 valence electrons. The molecule has 3 atom stereocenters. The van der Waals surface area contributed by atoms with Gasteiger partial charge in [0.05, 0.1) is 0 Å². The average molecular weight is 258 g/mol. The normalized spacial score (nSPS) is 29.7. The monoisotopic (exact) mass is 258 g/mol. The number of fused-ring (bicyclic) bond motifs is 1. The summed E-state index contributed by atoms with van der Waals surface area (Å²) in [7, 11) is 0. The van der Waals surface area contributed by atoms with Gasteiger partial charge in [0.1, 0.15) is 0 Å². The zero-order valence-electron chi connectivity index (χ0n) is 12.0. The molecule has 2 nitrogen and oxygen atoms in total. The number of hydrogen-bond acceptors (Lipinski definition) is 2. The quantitative estimate of drug-likeness (QED) is 0.813. The number of rotatable bonds is 2. The van der Waals surface area contributed by atoms with Gasteiger partial charge in [-0.3, -0.25) is 4.90 Å². The van der Waals surface area contributed by atoms with Gasteiger partial charge in [-0.05, 0) is 62.8 Å². The van der Waals surface area contributed by atoms with Crippen molar-refractivity contribution >= 4 is 5.69 Å². The van der Waals surface area contributed by atoms with E-state index in [1.807, 2.05) is 6.07 Å². The van der Waals surface area contributed by atoms with Gasteiger partial charge in [0.25, 0.3) is 0 Å². The van der Waals surface area contributed by atoms with E-state index in [0.717, 1.165) is 17.6 Å². The van der Waals surface area contributed by atoms with Crippen LogP contribution in [0.2, 0.25) is 0 Å². The van der Waals surface area contributed by atoms with Gasteiger partial charge in [-0.25, -0.2) is 0 Å². The molecule has 2 N–H and O–H groups in total. The van der Waals surface area contributed by atoms with Crippen LogP contribution in [0.25, 0.3) is 0 Å². The summed E-state index contributed by atoms with van der Waals surface area (Å²) in [4.78, 5) is 2.75. The average Bonchev–Trinajstić information content (AvgIpc) is 2.46. The minimum absolute atomic E-state index is 0.509. The Bertz CT molecular complexity index is 427. The van der Waals surface area contributed by atoms with Crippen LogP contribution in [0.5, 0.6) is 0 Å². The highest BCUT2D eigenvalue weighted by Gasteiger charge is 2.35. The van der Waals surface area contributed by atoms with Crippen molar-refractivity contribution in [3.8, 4) is 0 Å². The third-order valence-electron chi connectivity index (χ3n) is 5.18. The first kappa shape index (κ1) is 13.0.